The molecule has 0 bridgehead atoms. The van der Waals surface area contributed by atoms with E-state index in [1.165, 1.54) is 16.5 Å². The number of fused-ring (bicyclic) bond motifs is 1. The SMILES string of the molecule is Cc1cc(C=CC=CC(=O)NCCN2CCC(c3c[nH]c4ccccc34)CC2)ccc1O. The summed E-state index contributed by atoms with van der Waals surface area (Å²) in [6.45, 7) is 5.51. The van der Waals surface area contributed by atoms with Crippen LogP contribution in [0, 0.1) is 6.92 Å². The zero-order valence-electron chi connectivity index (χ0n) is 18.6. The summed E-state index contributed by atoms with van der Waals surface area (Å²) >= 11 is 0. The fraction of sp³-hybridized carbons (Fsp3) is 0.296. The number of carbonyl (C=O) groups excluding carboxylic acids is 1. The van der Waals surface area contributed by atoms with Crippen LogP contribution in [0.15, 0.2) is 66.9 Å². The first-order chi connectivity index (χ1) is 15.6. The van der Waals surface area contributed by atoms with Gasteiger partial charge in [0.1, 0.15) is 5.75 Å². The number of nitrogens with one attached hydrogen (secondary N) is 2. The van der Waals surface area contributed by atoms with Gasteiger partial charge in [-0.05, 0) is 73.7 Å². The average molecular weight is 430 g/mol. The summed E-state index contributed by atoms with van der Waals surface area (Å²) in [4.78, 5) is 17.9. The quantitative estimate of drug-likeness (QED) is 0.375. The molecular formula is C27H31N3O2. The second kappa shape index (κ2) is 10.3. The molecule has 0 unspecified atom stereocenters. The van der Waals surface area contributed by atoms with Crippen molar-refractivity contribution >= 4 is 22.9 Å². The molecule has 5 nitrogen and oxygen atoms in total. The lowest BCUT2D eigenvalue weighted by molar-refractivity contribution is -0.116. The fourth-order valence-electron chi connectivity index (χ4n) is 4.39. The summed E-state index contributed by atoms with van der Waals surface area (Å²) in [5.74, 6) is 0.813. The number of H-pyrrole nitrogens is 1. The van der Waals surface area contributed by atoms with Crippen LogP contribution in [-0.4, -0.2) is 47.1 Å². The van der Waals surface area contributed by atoms with Crippen LogP contribution < -0.4 is 5.32 Å². The predicted molar refractivity (Wildman–Crippen MR) is 131 cm³/mol. The summed E-state index contributed by atoms with van der Waals surface area (Å²) in [5.41, 5.74) is 4.48. The van der Waals surface area contributed by atoms with Gasteiger partial charge >= 0.3 is 0 Å². The van der Waals surface area contributed by atoms with Crippen molar-refractivity contribution in [3.05, 3.63) is 83.6 Å². The van der Waals surface area contributed by atoms with Gasteiger partial charge in [0, 0.05) is 36.3 Å². The van der Waals surface area contributed by atoms with E-state index in [2.05, 4.69) is 45.7 Å². The number of carbonyl (C=O) groups is 1. The molecule has 0 atom stereocenters. The maximum absolute atomic E-state index is 12.0. The number of hydrogen-bond donors (Lipinski definition) is 3. The van der Waals surface area contributed by atoms with Crippen molar-refractivity contribution in [2.24, 2.45) is 0 Å². The number of aromatic amines is 1. The number of aromatic nitrogens is 1. The lowest BCUT2D eigenvalue weighted by Gasteiger charge is -2.31. The normalized spacial score (nSPS) is 15.8. The van der Waals surface area contributed by atoms with Gasteiger partial charge in [-0.15, -0.1) is 0 Å². The summed E-state index contributed by atoms with van der Waals surface area (Å²) in [7, 11) is 0. The Labute approximate surface area is 189 Å². The minimum absolute atomic E-state index is 0.0785. The Balaban J connectivity index is 1.17. The minimum Gasteiger partial charge on any atom is -0.508 e. The molecule has 1 aliphatic rings. The van der Waals surface area contributed by atoms with Crippen LogP contribution in [0.2, 0.25) is 0 Å². The Bertz CT molecular complexity index is 1120. The van der Waals surface area contributed by atoms with Gasteiger partial charge in [0.2, 0.25) is 5.91 Å². The first-order valence-corrected chi connectivity index (χ1v) is 11.3. The number of hydrogen-bond acceptors (Lipinski definition) is 3. The number of likely N-dealkylation sites (tertiary alicyclic amines) is 1. The number of benzene rings is 2. The number of aromatic hydroxyl groups is 1. The molecule has 32 heavy (non-hydrogen) atoms. The third kappa shape index (κ3) is 5.48. The van der Waals surface area contributed by atoms with E-state index < -0.39 is 0 Å². The maximum Gasteiger partial charge on any atom is 0.244 e. The number of piperidine rings is 1. The zero-order valence-corrected chi connectivity index (χ0v) is 18.6. The summed E-state index contributed by atoms with van der Waals surface area (Å²) in [5, 5.41) is 13.9. The molecule has 3 aromatic rings. The first-order valence-electron chi connectivity index (χ1n) is 11.3. The highest BCUT2D eigenvalue weighted by Crippen LogP contribution is 2.32. The number of amides is 1. The van der Waals surface area contributed by atoms with Gasteiger partial charge in [0.25, 0.3) is 0 Å². The lowest BCUT2D eigenvalue weighted by atomic mass is 9.89. The number of allylic oxidation sites excluding steroid dienone is 2. The van der Waals surface area contributed by atoms with E-state index in [0.29, 0.717) is 18.2 Å². The molecule has 5 heteroatoms. The lowest BCUT2D eigenvalue weighted by Crippen LogP contribution is -2.38. The van der Waals surface area contributed by atoms with E-state index in [9.17, 15) is 9.90 Å². The molecule has 0 radical (unpaired) electrons. The molecule has 2 heterocycles. The first kappa shape index (κ1) is 21.9. The molecular weight excluding hydrogens is 398 g/mol. The third-order valence-electron chi connectivity index (χ3n) is 6.24. The molecule has 4 rings (SSSR count). The molecule has 0 saturated carbocycles. The second-order valence-corrected chi connectivity index (χ2v) is 8.46. The maximum atomic E-state index is 12.0. The summed E-state index contributed by atoms with van der Waals surface area (Å²) in [6, 6.07) is 13.9. The zero-order chi connectivity index (χ0) is 22.3. The average Bonchev–Trinajstić information content (AvgIpc) is 3.24. The van der Waals surface area contributed by atoms with Gasteiger partial charge in [-0.3, -0.25) is 4.79 Å². The number of rotatable bonds is 7. The number of aryl methyl sites for hydroxylation is 1. The molecule has 1 saturated heterocycles. The van der Waals surface area contributed by atoms with Crippen molar-refractivity contribution in [3.8, 4) is 5.75 Å². The number of para-hydroxylation sites is 1. The molecule has 3 N–H and O–H groups in total. The van der Waals surface area contributed by atoms with Crippen molar-refractivity contribution in [2.75, 3.05) is 26.2 Å². The fourth-order valence-corrected chi connectivity index (χ4v) is 4.39. The Hall–Kier alpha value is -3.31. The van der Waals surface area contributed by atoms with Crippen molar-refractivity contribution < 1.29 is 9.90 Å². The Kier molecular flexibility index (Phi) is 7.07. The van der Waals surface area contributed by atoms with E-state index in [1.807, 2.05) is 31.2 Å². The van der Waals surface area contributed by atoms with Crippen LogP contribution in [0.1, 0.15) is 35.4 Å². The Morgan fingerprint density at radius 1 is 1.19 bits per heavy atom. The van der Waals surface area contributed by atoms with Gasteiger partial charge in [0.15, 0.2) is 0 Å². The Morgan fingerprint density at radius 2 is 2.00 bits per heavy atom. The topological polar surface area (TPSA) is 68.4 Å². The van der Waals surface area contributed by atoms with E-state index in [1.54, 1.807) is 18.2 Å². The number of phenolic OH excluding ortho intramolecular Hbond substituents is 1. The molecule has 0 aliphatic carbocycles. The largest absolute Gasteiger partial charge is 0.508 e. The standard InChI is InChI=1S/C27H31N3O2/c1-20-18-21(10-11-26(20)31)6-2-5-9-27(32)28-14-17-30-15-12-22(13-16-30)24-19-29-25-8-4-3-7-23(24)25/h2-11,18-19,22,29,31H,12-17H2,1H3,(H,28,32). The highest BCUT2D eigenvalue weighted by atomic mass is 16.3. The molecule has 1 aromatic heterocycles. The summed E-state index contributed by atoms with van der Waals surface area (Å²) in [6.07, 6.45) is 11.5. The molecule has 2 aromatic carbocycles. The minimum atomic E-state index is -0.0785. The van der Waals surface area contributed by atoms with Crippen LogP contribution in [-0.2, 0) is 4.79 Å². The van der Waals surface area contributed by atoms with Gasteiger partial charge in [-0.25, -0.2) is 0 Å². The van der Waals surface area contributed by atoms with E-state index in [0.717, 1.165) is 43.6 Å². The van der Waals surface area contributed by atoms with Gasteiger partial charge < -0.3 is 20.3 Å². The van der Waals surface area contributed by atoms with Gasteiger partial charge in [-0.1, -0.05) is 42.5 Å². The summed E-state index contributed by atoms with van der Waals surface area (Å²) < 4.78 is 0. The third-order valence-corrected chi connectivity index (χ3v) is 6.24. The number of phenols is 1. The van der Waals surface area contributed by atoms with Crippen LogP contribution in [0.3, 0.4) is 0 Å². The number of nitrogens with zero attached hydrogens (tertiary/aromatic N) is 1. The smallest absolute Gasteiger partial charge is 0.244 e. The Morgan fingerprint density at radius 3 is 2.81 bits per heavy atom. The van der Waals surface area contributed by atoms with E-state index in [-0.39, 0.29) is 5.91 Å². The molecule has 1 fully saturated rings. The van der Waals surface area contributed by atoms with Gasteiger partial charge in [-0.2, -0.15) is 0 Å². The van der Waals surface area contributed by atoms with Crippen LogP contribution in [0.5, 0.6) is 5.75 Å². The highest BCUT2D eigenvalue weighted by Gasteiger charge is 2.22. The molecule has 0 spiro atoms. The van der Waals surface area contributed by atoms with Crippen LogP contribution in [0.25, 0.3) is 17.0 Å². The van der Waals surface area contributed by atoms with Gasteiger partial charge in [0.05, 0.1) is 0 Å². The van der Waals surface area contributed by atoms with E-state index in [4.69, 9.17) is 0 Å². The van der Waals surface area contributed by atoms with Crippen molar-refractivity contribution in [3.63, 3.8) is 0 Å². The molecule has 166 valence electrons. The monoisotopic (exact) mass is 429 g/mol. The van der Waals surface area contributed by atoms with Crippen molar-refractivity contribution in [2.45, 2.75) is 25.7 Å². The predicted octanol–water partition coefficient (Wildman–Crippen LogP) is 4.75. The van der Waals surface area contributed by atoms with Crippen LogP contribution >= 0.6 is 0 Å². The van der Waals surface area contributed by atoms with Crippen molar-refractivity contribution in [1.82, 2.24) is 15.2 Å². The second-order valence-electron chi connectivity index (χ2n) is 8.46. The molecule has 1 amide bonds. The van der Waals surface area contributed by atoms with Crippen molar-refractivity contribution in [1.29, 1.82) is 0 Å². The molecule has 1 aliphatic heterocycles. The van der Waals surface area contributed by atoms with E-state index >= 15 is 0 Å². The van der Waals surface area contributed by atoms with Crippen LogP contribution in [0.4, 0.5) is 0 Å². The highest BCUT2D eigenvalue weighted by molar-refractivity contribution is 5.87.